The molecule has 4 aromatic heterocycles. The predicted octanol–water partition coefficient (Wildman–Crippen LogP) is 19.5. The van der Waals surface area contributed by atoms with E-state index in [0.29, 0.717) is 122 Å². The summed E-state index contributed by atoms with van der Waals surface area (Å²) in [5.41, 5.74) is 7.78. The third-order valence-corrected chi connectivity index (χ3v) is 20.7. The number of anilines is 4. The number of aryl methyl sites for hydroxylation is 2. The Morgan fingerprint density at radius 3 is 1.01 bits per heavy atom. The maximum Gasteiger partial charge on any atom is 0.257 e. The van der Waals surface area contributed by atoms with E-state index in [4.69, 9.17) is 77.5 Å². The fourth-order valence-electron chi connectivity index (χ4n) is 12.4. The van der Waals surface area contributed by atoms with Gasteiger partial charge in [-0.2, -0.15) is 0 Å². The van der Waals surface area contributed by atoms with E-state index < -0.39 is 40.9 Å². The molecule has 12 aromatic rings. The van der Waals surface area contributed by atoms with Gasteiger partial charge in [0.25, 0.3) is 23.6 Å². The van der Waals surface area contributed by atoms with Crippen LogP contribution in [-0.4, -0.2) is 180 Å². The summed E-state index contributed by atoms with van der Waals surface area (Å²) in [6.07, 6.45) is 5.50. The van der Waals surface area contributed by atoms with Crippen LogP contribution in [0.3, 0.4) is 0 Å². The number of amides is 4. The molecule has 0 atom stereocenters. The average molecular weight is 1900 g/mol. The molecule has 0 saturated carbocycles. The van der Waals surface area contributed by atoms with Crippen LogP contribution in [0.5, 0.6) is 11.5 Å². The zero-order valence-corrected chi connectivity index (χ0v) is 76.6. The van der Waals surface area contributed by atoms with Gasteiger partial charge in [0.2, 0.25) is 0 Å². The number of hydrogen-bond acceptors (Lipinski definition) is 18. The third-order valence-electron chi connectivity index (χ3n) is 19.3. The summed E-state index contributed by atoms with van der Waals surface area (Å²) in [5, 5.41) is 44.4. The first-order valence-corrected chi connectivity index (χ1v) is 41.5. The lowest BCUT2D eigenvalue weighted by Gasteiger charge is -2.15. The number of hydrogen-bond donors (Lipinski definition) is 8. The number of ether oxygens (including phenoxy) is 2. The second-order valence-corrected chi connectivity index (χ2v) is 32.3. The molecular formula is C97H93BrCl4F2N16O10. The lowest BCUT2D eigenvalue weighted by molar-refractivity contribution is 0.0976. The topological polar surface area (TPSA) is 363 Å². The van der Waals surface area contributed by atoms with Crippen molar-refractivity contribution in [2.45, 2.75) is 47.0 Å². The van der Waals surface area contributed by atoms with Gasteiger partial charge in [0.15, 0.2) is 23.1 Å². The van der Waals surface area contributed by atoms with Gasteiger partial charge in [0.05, 0.1) is 40.4 Å². The van der Waals surface area contributed by atoms with Crippen LogP contribution in [0.15, 0.2) is 229 Å². The minimum Gasteiger partial charge on any atom is -0.497 e. The summed E-state index contributed by atoms with van der Waals surface area (Å²) in [6, 6.07) is 53.2. The lowest BCUT2D eigenvalue weighted by atomic mass is 9.96. The van der Waals surface area contributed by atoms with E-state index in [1.165, 1.54) is 80.2 Å². The van der Waals surface area contributed by atoms with Crippen LogP contribution in [0.4, 0.5) is 32.1 Å². The molecule has 0 radical (unpaired) electrons. The van der Waals surface area contributed by atoms with Crippen molar-refractivity contribution in [3.63, 3.8) is 0 Å². The van der Waals surface area contributed by atoms with Gasteiger partial charge in [0.1, 0.15) is 69.7 Å². The highest BCUT2D eigenvalue weighted by molar-refractivity contribution is 9.10. The molecule has 4 heterocycles. The quantitative estimate of drug-likeness (QED) is 0.0142. The average Bonchev–Trinajstić information content (AvgIpc) is 0.832. The van der Waals surface area contributed by atoms with Crippen LogP contribution >= 0.6 is 62.3 Å². The molecule has 0 saturated heterocycles. The van der Waals surface area contributed by atoms with Crippen LogP contribution in [0.1, 0.15) is 146 Å². The van der Waals surface area contributed by atoms with Gasteiger partial charge in [-0.05, 0) is 156 Å². The van der Waals surface area contributed by atoms with Gasteiger partial charge < -0.3 is 50.3 Å². The lowest BCUT2D eigenvalue weighted by Crippen LogP contribution is -2.22. The Balaban J connectivity index is 0.000000213. The van der Waals surface area contributed by atoms with Crippen molar-refractivity contribution < 1.29 is 56.6 Å². The zero-order chi connectivity index (χ0) is 94.2. The summed E-state index contributed by atoms with van der Waals surface area (Å²) in [7, 11) is 16.8. The minimum atomic E-state index is -0.728. The Morgan fingerprint density at radius 1 is 0.346 bits per heavy atom. The van der Waals surface area contributed by atoms with Gasteiger partial charge in [-0.1, -0.05) is 156 Å². The number of methoxy groups -OCH3 is 2. The van der Waals surface area contributed by atoms with Crippen LogP contribution < -0.4 is 30.7 Å². The Hall–Kier alpha value is -14.1. The Kier molecular flexibility index (Phi) is 36.7. The summed E-state index contributed by atoms with van der Waals surface area (Å²) >= 11 is 27.0. The molecule has 0 unspecified atom stereocenters. The number of benzene rings is 8. The number of Topliss-reactive ketones (excluding diaryl/α,β-unsaturated/α-hetero) is 4. The first-order chi connectivity index (χ1) is 61.3. The number of aromatic nitrogens is 4. The van der Waals surface area contributed by atoms with Gasteiger partial charge in [-0.3, -0.25) is 60.0 Å². The van der Waals surface area contributed by atoms with E-state index in [1.807, 2.05) is 26.0 Å². The minimum absolute atomic E-state index is 0. The van der Waals surface area contributed by atoms with Crippen molar-refractivity contribution in [1.82, 2.24) is 39.5 Å². The standard InChI is InChI=1S/C24H23BrN4O2.C24H22Cl2N4O3.C24H22ClFN4O3.C24H22ClFN4O2.CH4/c1-15-4-5-18(20(12-15)24(31)28-22-11-10-19(25)14-27-22)13-21(30)16-6-8-17(9-7-16)23(26)29(2)3;1-30(2)23(27)15-6-4-14(5-7-15)20(31)12-18-19(10-17(26)11-21(18)33-3)24(32)29-22-9-8-16(25)13-28-22;1-30(2)23(27)15-5-8-18(20(26)10-15)21(31)11-14-4-7-17(33-3)12-19(14)24(32)29-22-9-6-16(25)13-28-22;1-14-4-5-15(19(10-14)24(32)29-22-9-7-17(25)13-28-22)12-21(31)18-8-6-16(11-20(18)26)23(27)30(2)3;/h4-12,14,26H,13H2,1-3H3,(H,27,28,31);4-11,13,27H,12H2,1-3H3,(H,28,29,32);4-10,12-13,27H,11H2,1-3H3,(H,28,29,32);4-11,13,27H,12H2,1-3H3,(H,28,29,32);1H4. The molecule has 8 aromatic carbocycles. The van der Waals surface area contributed by atoms with E-state index in [2.05, 4.69) is 57.1 Å². The molecule has 0 aliphatic heterocycles. The maximum atomic E-state index is 14.7. The molecule has 0 bridgehead atoms. The van der Waals surface area contributed by atoms with Gasteiger partial charge in [-0.15, -0.1) is 0 Å². The summed E-state index contributed by atoms with van der Waals surface area (Å²) < 4.78 is 40.7. The van der Waals surface area contributed by atoms with Gasteiger partial charge in [0, 0.05) is 178 Å². The van der Waals surface area contributed by atoms with Gasteiger partial charge in [-0.25, -0.2) is 28.7 Å². The number of carbonyl (C=O) groups excluding carboxylic acids is 8. The zero-order valence-electron chi connectivity index (χ0n) is 72.0. The number of pyridine rings is 4. The van der Waals surface area contributed by atoms with Crippen LogP contribution in [0.2, 0.25) is 20.1 Å². The molecule has 26 nitrogen and oxygen atoms in total. The van der Waals surface area contributed by atoms with Gasteiger partial charge >= 0.3 is 0 Å². The molecule has 8 N–H and O–H groups in total. The highest BCUT2D eigenvalue weighted by Crippen LogP contribution is 2.32. The molecule has 670 valence electrons. The number of amidine groups is 4. The van der Waals surface area contributed by atoms with Crippen molar-refractivity contribution in [2.24, 2.45) is 0 Å². The number of carbonyl (C=O) groups is 8. The number of ketones is 4. The van der Waals surface area contributed by atoms with E-state index in [0.717, 1.165) is 27.2 Å². The van der Waals surface area contributed by atoms with Crippen LogP contribution in [0, 0.1) is 47.1 Å². The van der Waals surface area contributed by atoms with E-state index in [9.17, 15) is 47.1 Å². The van der Waals surface area contributed by atoms with Crippen molar-refractivity contribution in [2.75, 3.05) is 91.9 Å². The largest absolute Gasteiger partial charge is 0.497 e. The molecule has 33 heteroatoms. The maximum absolute atomic E-state index is 14.7. The van der Waals surface area contributed by atoms with Crippen molar-refractivity contribution in [3.05, 3.63) is 361 Å². The Labute approximate surface area is 779 Å². The molecule has 4 amide bonds. The highest BCUT2D eigenvalue weighted by atomic mass is 79.9. The van der Waals surface area contributed by atoms with Crippen molar-refractivity contribution in [1.29, 1.82) is 21.6 Å². The Morgan fingerprint density at radius 2 is 0.669 bits per heavy atom. The normalized spacial score (nSPS) is 10.4. The number of nitrogens with zero attached hydrogens (tertiary/aromatic N) is 8. The molecular weight excluding hydrogens is 1810 g/mol. The summed E-state index contributed by atoms with van der Waals surface area (Å²) in [6.45, 7) is 3.74. The molecule has 0 aliphatic rings. The van der Waals surface area contributed by atoms with Crippen LogP contribution in [-0.2, 0) is 25.7 Å². The predicted molar refractivity (Wildman–Crippen MR) is 511 cm³/mol. The monoisotopic (exact) mass is 1900 g/mol. The molecule has 0 spiro atoms. The molecule has 0 aliphatic carbocycles. The second-order valence-electron chi connectivity index (χ2n) is 29.7. The Bertz CT molecular complexity index is 6230. The molecule has 130 heavy (non-hydrogen) atoms. The fraction of sp³-hybridized carbons (Fsp3) is 0.175. The van der Waals surface area contributed by atoms with E-state index in [-0.39, 0.29) is 90.3 Å². The second kappa shape index (κ2) is 47.1. The molecule has 0 fully saturated rings. The van der Waals surface area contributed by atoms with E-state index >= 15 is 0 Å². The number of nitrogens with one attached hydrogen (secondary N) is 8. The van der Waals surface area contributed by atoms with Crippen molar-refractivity contribution >= 4 is 156 Å². The molecule has 12 rings (SSSR count). The fourth-order valence-corrected chi connectivity index (χ4v) is 13.2. The van der Waals surface area contributed by atoms with Crippen LogP contribution in [0.25, 0.3) is 0 Å². The SMILES string of the molecule is C.COc1cc(Cl)cc(C(=O)Nc2ccc(Cl)cn2)c1CC(=O)c1ccc(C(=N)N(C)C)cc1.COc1ccc(CC(=O)c2ccc(C(=N)N(C)C)cc2F)c(C(=O)Nc2ccc(Cl)cn2)c1.Cc1ccc(CC(=O)c2ccc(C(=N)N(C)C)cc2)c(C(=O)Nc2ccc(Br)cn2)c1.Cc1ccc(CC(=O)c2ccc(C(=N)N(C)C)cc2F)c(C(=O)Nc2ccc(Cl)cn2)c1. The van der Waals surface area contributed by atoms with Crippen molar-refractivity contribution in [3.8, 4) is 11.5 Å². The number of halogens is 7. The third kappa shape index (κ3) is 28.2. The number of rotatable bonds is 26. The summed E-state index contributed by atoms with van der Waals surface area (Å²) in [5.74, 6) is -1.35. The first kappa shape index (κ1) is 101. The highest BCUT2D eigenvalue weighted by Gasteiger charge is 2.26. The summed E-state index contributed by atoms with van der Waals surface area (Å²) in [4.78, 5) is 126. The van der Waals surface area contributed by atoms with E-state index in [1.54, 1.807) is 217 Å². The smallest absolute Gasteiger partial charge is 0.257 e. The first-order valence-electron chi connectivity index (χ1n) is 39.2.